The summed E-state index contributed by atoms with van der Waals surface area (Å²) in [6.07, 6.45) is 5.88. The highest BCUT2D eigenvalue weighted by molar-refractivity contribution is 5.85. The molecule has 5 heteroatoms. The Bertz CT molecular complexity index is 548. The molecule has 1 aromatic rings. The molecule has 2 bridgehead atoms. The lowest BCUT2D eigenvalue weighted by molar-refractivity contribution is -0.124. The van der Waals surface area contributed by atoms with Crippen LogP contribution < -0.4 is 16.4 Å². The Kier molecular flexibility index (Phi) is 4.87. The fourth-order valence-electron chi connectivity index (χ4n) is 4.16. The summed E-state index contributed by atoms with van der Waals surface area (Å²) in [5.41, 5.74) is 7.97. The fraction of sp³-hybridized carbons (Fsp3) is 0.611. The first-order valence-electron chi connectivity index (χ1n) is 8.64. The molecule has 4 N–H and O–H groups in total. The molecule has 0 aliphatic carbocycles. The zero-order valence-corrected chi connectivity index (χ0v) is 14.1. The summed E-state index contributed by atoms with van der Waals surface area (Å²) in [7, 11) is 4.07. The Morgan fingerprint density at radius 3 is 2.57 bits per heavy atom. The minimum Gasteiger partial charge on any atom is -0.388 e. The third-order valence-electron chi connectivity index (χ3n) is 5.53. The number of nitrogens with two attached hydrogens (primary N) is 1. The molecule has 23 heavy (non-hydrogen) atoms. The SMILES string of the molecule is CNc1ccccc1C(N)C(=O)NC1C[C@H]2CCC[C@@H](C1)N2C. The van der Waals surface area contributed by atoms with Gasteiger partial charge in [0.25, 0.3) is 0 Å². The first-order valence-corrected chi connectivity index (χ1v) is 8.64. The van der Waals surface area contributed by atoms with Gasteiger partial charge in [-0.25, -0.2) is 0 Å². The standard InChI is InChI=1S/C18H28N4O/c1-20-16-9-4-3-8-15(16)17(19)18(23)21-12-10-13-6-5-7-14(11-12)22(13)2/h3-4,8-9,12-14,17,20H,5-7,10-11,19H2,1-2H3,(H,21,23)/t12?,13-,14+,17?. The number of amides is 1. The molecular formula is C18H28N4O. The maximum absolute atomic E-state index is 12.6. The molecule has 1 aromatic carbocycles. The summed E-state index contributed by atoms with van der Waals surface area (Å²) in [5, 5.41) is 6.31. The predicted octanol–water partition coefficient (Wildman–Crippen LogP) is 1.86. The van der Waals surface area contributed by atoms with Gasteiger partial charge in [-0.15, -0.1) is 0 Å². The van der Waals surface area contributed by atoms with E-state index in [0.717, 1.165) is 24.1 Å². The van der Waals surface area contributed by atoms with Crippen molar-refractivity contribution in [2.45, 2.75) is 56.3 Å². The molecule has 2 aliphatic heterocycles. The summed E-state index contributed by atoms with van der Waals surface area (Å²) in [6, 6.07) is 8.56. The van der Waals surface area contributed by atoms with Crippen LogP contribution >= 0.6 is 0 Å². The minimum absolute atomic E-state index is 0.0691. The highest BCUT2D eigenvalue weighted by Gasteiger charge is 2.37. The van der Waals surface area contributed by atoms with E-state index in [2.05, 4.69) is 22.6 Å². The van der Waals surface area contributed by atoms with Gasteiger partial charge in [-0.1, -0.05) is 24.6 Å². The monoisotopic (exact) mass is 316 g/mol. The minimum atomic E-state index is -0.627. The molecule has 3 rings (SSSR count). The molecule has 0 spiro atoms. The van der Waals surface area contributed by atoms with E-state index >= 15 is 0 Å². The first kappa shape index (κ1) is 16.3. The van der Waals surface area contributed by atoms with Crippen molar-refractivity contribution in [3.63, 3.8) is 0 Å². The highest BCUT2D eigenvalue weighted by atomic mass is 16.2. The first-order chi connectivity index (χ1) is 11.1. The van der Waals surface area contributed by atoms with Gasteiger partial charge in [0, 0.05) is 36.4 Å². The molecule has 2 aliphatic rings. The van der Waals surface area contributed by atoms with E-state index < -0.39 is 6.04 Å². The number of hydrogen-bond donors (Lipinski definition) is 3. The lowest BCUT2D eigenvalue weighted by atomic mass is 9.82. The second kappa shape index (κ2) is 6.89. The number of anilines is 1. The maximum atomic E-state index is 12.6. The number of para-hydroxylation sites is 1. The number of fused-ring (bicyclic) bond motifs is 2. The van der Waals surface area contributed by atoms with Crippen LogP contribution in [0.5, 0.6) is 0 Å². The van der Waals surface area contributed by atoms with Crippen molar-refractivity contribution in [1.82, 2.24) is 10.2 Å². The number of nitrogens with one attached hydrogen (secondary N) is 2. The van der Waals surface area contributed by atoms with Crippen LogP contribution in [-0.2, 0) is 4.79 Å². The zero-order valence-electron chi connectivity index (χ0n) is 14.1. The van der Waals surface area contributed by atoms with Gasteiger partial charge in [-0.2, -0.15) is 0 Å². The highest BCUT2D eigenvalue weighted by Crippen LogP contribution is 2.33. The lowest BCUT2D eigenvalue weighted by Gasteiger charge is -2.47. The summed E-state index contributed by atoms with van der Waals surface area (Å²) in [6.45, 7) is 0. The van der Waals surface area contributed by atoms with Crippen molar-refractivity contribution in [3.8, 4) is 0 Å². The topological polar surface area (TPSA) is 70.4 Å². The summed E-state index contributed by atoms with van der Waals surface area (Å²) in [5.74, 6) is -0.0691. The second-order valence-corrected chi connectivity index (χ2v) is 6.90. The second-order valence-electron chi connectivity index (χ2n) is 6.90. The van der Waals surface area contributed by atoms with Crippen molar-refractivity contribution in [2.24, 2.45) is 5.73 Å². The Hall–Kier alpha value is -1.59. The van der Waals surface area contributed by atoms with Crippen LogP contribution in [0, 0.1) is 0 Å². The molecule has 126 valence electrons. The van der Waals surface area contributed by atoms with Crippen LogP contribution in [0.2, 0.25) is 0 Å². The van der Waals surface area contributed by atoms with Crippen LogP contribution in [0.3, 0.4) is 0 Å². The molecule has 2 heterocycles. The molecule has 0 aromatic heterocycles. The van der Waals surface area contributed by atoms with Gasteiger partial charge in [0.2, 0.25) is 5.91 Å². The molecule has 2 saturated heterocycles. The molecule has 0 radical (unpaired) electrons. The van der Waals surface area contributed by atoms with Crippen LogP contribution in [0.25, 0.3) is 0 Å². The Morgan fingerprint density at radius 1 is 1.26 bits per heavy atom. The van der Waals surface area contributed by atoms with E-state index in [1.165, 1.54) is 19.3 Å². The van der Waals surface area contributed by atoms with E-state index in [9.17, 15) is 4.79 Å². The molecule has 0 saturated carbocycles. The van der Waals surface area contributed by atoms with Gasteiger partial charge in [0.05, 0.1) is 0 Å². The normalized spacial score (nSPS) is 28.9. The summed E-state index contributed by atoms with van der Waals surface area (Å²) >= 11 is 0. The number of carbonyl (C=O) groups excluding carboxylic acids is 1. The largest absolute Gasteiger partial charge is 0.388 e. The van der Waals surface area contributed by atoms with Crippen LogP contribution in [0.4, 0.5) is 5.69 Å². The van der Waals surface area contributed by atoms with Gasteiger partial charge in [0.15, 0.2) is 0 Å². The van der Waals surface area contributed by atoms with E-state index in [-0.39, 0.29) is 11.9 Å². The average Bonchev–Trinajstić information content (AvgIpc) is 2.55. The molecular weight excluding hydrogens is 288 g/mol. The third-order valence-corrected chi connectivity index (χ3v) is 5.53. The van der Waals surface area contributed by atoms with Crippen LogP contribution in [0.1, 0.15) is 43.7 Å². The fourth-order valence-corrected chi connectivity index (χ4v) is 4.16. The van der Waals surface area contributed by atoms with Crippen molar-refractivity contribution in [1.29, 1.82) is 0 Å². The number of benzene rings is 1. The summed E-state index contributed by atoms with van der Waals surface area (Å²) < 4.78 is 0. The van der Waals surface area contributed by atoms with Crippen molar-refractivity contribution in [3.05, 3.63) is 29.8 Å². The van der Waals surface area contributed by atoms with E-state index in [1.807, 2.05) is 31.3 Å². The predicted molar refractivity (Wildman–Crippen MR) is 93.3 cm³/mol. The number of hydrogen-bond acceptors (Lipinski definition) is 4. The quantitative estimate of drug-likeness (QED) is 0.793. The number of rotatable bonds is 4. The van der Waals surface area contributed by atoms with Crippen molar-refractivity contribution < 1.29 is 4.79 Å². The van der Waals surface area contributed by atoms with E-state index in [0.29, 0.717) is 12.1 Å². The van der Waals surface area contributed by atoms with E-state index in [4.69, 9.17) is 5.73 Å². The Labute approximate surface area is 138 Å². The van der Waals surface area contributed by atoms with Crippen molar-refractivity contribution in [2.75, 3.05) is 19.4 Å². The number of nitrogens with zero attached hydrogens (tertiary/aromatic N) is 1. The van der Waals surface area contributed by atoms with Gasteiger partial charge in [-0.3, -0.25) is 4.79 Å². The Morgan fingerprint density at radius 2 is 1.91 bits per heavy atom. The smallest absolute Gasteiger partial charge is 0.241 e. The lowest BCUT2D eigenvalue weighted by Crippen LogP contribution is -2.56. The average molecular weight is 316 g/mol. The zero-order chi connectivity index (χ0) is 16.4. The van der Waals surface area contributed by atoms with Crippen molar-refractivity contribution >= 4 is 11.6 Å². The van der Waals surface area contributed by atoms with Gasteiger partial charge >= 0.3 is 0 Å². The maximum Gasteiger partial charge on any atom is 0.241 e. The number of carbonyl (C=O) groups is 1. The molecule has 1 amide bonds. The third kappa shape index (κ3) is 3.35. The summed E-state index contributed by atoms with van der Waals surface area (Å²) in [4.78, 5) is 15.1. The van der Waals surface area contributed by atoms with Gasteiger partial charge in [0.1, 0.15) is 6.04 Å². The van der Waals surface area contributed by atoms with Gasteiger partial charge < -0.3 is 21.3 Å². The molecule has 2 fully saturated rings. The number of piperidine rings is 2. The Balaban J connectivity index is 1.65. The molecule has 2 unspecified atom stereocenters. The molecule has 4 atom stereocenters. The van der Waals surface area contributed by atoms with E-state index in [1.54, 1.807) is 0 Å². The molecule has 5 nitrogen and oxygen atoms in total. The van der Waals surface area contributed by atoms with Crippen LogP contribution in [0.15, 0.2) is 24.3 Å². The van der Waals surface area contributed by atoms with Gasteiger partial charge in [-0.05, 0) is 38.8 Å². The van der Waals surface area contributed by atoms with Crippen LogP contribution in [-0.4, -0.2) is 43.0 Å².